The van der Waals surface area contributed by atoms with Crippen LogP contribution in [0, 0.1) is 5.92 Å². The van der Waals surface area contributed by atoms with E-state index in [1.54, 1.807) is 6.33 Å². The first-order chi connectivity index (χ1) is 13.7. The van der Waals surface area contributed by atoms with Crippen LogP contribution in [0.3, 0.4) is 0 Å². The monoisotopic (exact) mass is 514 g/mol. The molecular weight excluding hydrogens is 483 g/mol. The number of nitrogens with zero attached hydrogens (tertiary/aromatic N) is 4. The van der Waals surface area contributed by atoms with Crippen molar-refractivity contribution in [2.75, 3.05) is 26.4 Å². The Morgan fingerprint density at radius 2 is 2.00 bits per heavy atom. The summed E-state index contributed by atoms with van der Waals surface area (Å²) in [5.41, 5.74) is 1.21. The quantitative estimate of drug-likeness (QED) is 0.304. The summed E-state index contributed by atoms with van der Waals surface area (Å²) in [5.74, 6) is 3.98. The standard InChI is InChI=1S/C20H30N6O2.HI/c1-4-19-25-24-13-26(19)10-9-22-20(23-12-15(2)3)21-8-7-16-5-6-17-18(11-16)28-14-27-17;/h5-6,11,13,15H,4,7-10,12,14H2,1-3H3,(H2,21,22,23);1H. The van der Waals surface area contributed by atoms with Gasteiger partial charge >= 0.3 is 0 Å². The average Bonchev–Trinajstić information content (AvgIpc) is 3.33. The Balaban J connectivity index is 0.00000300. The predicted molar refractivity (Wildman–Crippen MR) is 124 cm³/mol. The highest BCUT2D eigenvalue weighted by atomic mass is 127. The van der Waals surface area contributed by atoms with Crippen LogP contribution in [0.4, 0.5) is 0 Å². The fraction of sp³-hybridized carbons (Fsp3) is 0.550. The maximum Gasteiger partial charge on any atom is 0.231 e. The van der Waals surface area contributed by atoms with Crippen molar-refractivity contribution in [3.8, 4) is 11.5 Å². The van der Waals surface area contributed by atoms with Gasteiger partial charge in [-0.3, -0.25) is 4.99 Å². The Morgan fingerprint density at radius 1 is 1.21 bits per heavy atom. The highest BCUT2D eigenvalue weighted by Crippen LogP contribution is 2.32. The van der Waals surface area contributed by atoms with Crippen molar-refractivity contribution < 1.29 is 9.47 Å². The van der Waals surface area contributed by atoms with E-state index >= 15 is 0 Å². The van der Waals surface area contributed by atoms with Gasteiger partial charge in [-0.05, 0) is 30.0 Å². The Morgan fingerprint density at radius 3 is 2.79 bits per heavy atom. The van der Waals surface area contributed by atoms with Gasteiger partial charge in [0.25, 0.3) is 0 Å². The van der Waals surface area contributed by atoms with Gasteiger partial charge in [-0.15, -0.1) is 34.2 Å². The lowest BCUT2D eigenvalue weighted by Crippen LogP contribution is -2.40. The summed E-state index contributed by atoms with van der Waals surface area (Å²) in [5, 5.41) is 14.9. The third kappa shape index (κ3) is 7.06. The minimum atomic E-state index is 0. The van der Waals surface area contributed by atoms with Gasteiger partial charge < -0.3 is 24.7 Å². The lowest BCUT2D eigenvalue weighted by Gasteiger charge is -2.14. The molecule has 0 amide bonds. The molecule has 0 atom stereocenters. The van der Waals surface area contributed by atoms with Crippen LogP contribution in [0.1, 0.15) is 32.2 Å². The van der Waals surface area contributed by atoms with Crippen LogP contribution in [-0.4, -0.2) is 47.2 Å². The van der Waals surface area contributed by atoms with E-state index < -0.39 is 0 Å². The SMILES string of the molecule is CCc1nncn1CCNC(=NCC(C)C)NCCc1ccc2c(c1)OCO2.I. The maximum atomic E-state index is 5.45. The summed E-state index contributed by atoms with van der Waals surface area (Å²) in [6, 6.07) is 6.08. The Hall–Kier alpha value is -2.04. The van der Waals surface area contributed by atoms with Crippen molar-refractivity contribution in [1.29, 1.82) is 0 Å². The fourth-order valence-corrected chi connectivity index (χ4v) is 2.90. The smallest absolute Gasteiger partial charge is 0.231 e. The van der Waals surface area contributed by atoms with Crippen LogP contribution in [-0.2, 0) is 19.4 Å². The zero-order chi connectivity index (χ0) is 19.8. The molecule has 2 aromatic rings. The van der Waals surface area contributed by atoms with E-state index in [-0.39, 0.29) is 24.0 Å². The molecular formula is C20H31IN6O2. The van der Waals surface area contributed by atoms with Crippen LogP contribution >= 0.6 is 24.0 Å². The second kappa shape index (κ2) is 11.8. The van der Waals surface area contributed by atoms with Gasteiger partial charge in [0.15, 0.2) is 17.5 Å². The lowest BCUT2D eigenvalue weighted by molar-refractivity contribution is 0.174. The van der Waals surface area contributed by atoms with Gasteiger partial charge in [0.2, 0.25) is 6.79 Å². The van der Waals surface area contributed by atoms with Gasteiger partial charge in [0.1, 0.15) is 12.2 Å². The summed E-state index contributed by atoms with van der Waals surface area (Å²) in [6.45, 7) is 9.86. The summed E-state index contributed by atoms with van der Waals surface area (Å²) in [7, 11) is 0. The number of benzene rings is 1. The molecule has 1 aliphatic rings. The zero-order valence-electron chi connectivity index (χ0n) is 17.4. The number of nitrogens with one attached hydrogen (secondary N) is 2. The molecule has 1 aromatic heterocycles. The number of aliphatic imine (C=N–C) groups is 1. The highest BCUT2D eigenvalue weighted by molar-refractivity contribution is 14.0. The Labute approximate surface area is 189 Å². The molecule has 0 bridgehead atoms. The van der Waals surface area contributed by atoms with Crippen LogP contribution in [0.25, 0.3) is 0 Å². The number of aromatic nitrogens is 3. The van der Waals surface area contributed by atoms with Crippen LogP contribution < -0.4 is 20.1 Å². The number of guanidine groups is 1. The molecule has 2 heterocycles. The van der Waals surface area contributed by atoms with Gasteiger partial charge in [0.05, 0.1) is 0 Å². The number of fused-ring (bicyclic) bond motifs is 1. The molecule has 1 aliphatic heterocycles. The topological polar surface area (TPSA) is 85.6 Å². The maximum absolute atomic E-state index is 5.45. The van der Waals surface area contributed by atoms with E-state index in [9.17, 15) is 0 Å². The molecule has 1 aromatic carbocycles. The first-order valence-corrected chi connectivity index (χ1v) is 9.93. The van der Waals surface area contributed by atoms with E-state index in [1.807, 2.05) is 12.1 Å². The number of ether oxygens (including phenoxy) is 2. The highest BCUT2D eigenvalue weighted by Gasteiger charge is 2.13. The molecule has 0 spiro atoms. The minimum Gasteiger partial charge on any atom is -0.454 e. The van der Waals surface area contributed by atoms with Crippen molar-refractivity contribution in [1.82, 2.24) is 25.4 Å². The molecule has 0 radical (unpaired) electrons. The molecule has 0 fully saturated rings. The van der Waals surface area contributed by atoms with Gasteiger partial charge in [-0.1, -0.05) is 26.8 Å². The normalized spacial score (nSPS) is 12.8. The van der Waals surface area contributed by atoms with Gasteiger partial charge in [0, 0.05) is 32.6 Å². The van der Waals surface area contributed by atoms with E-state index in [0.29, 0.717) is 12.7 Å². The van der Waals surface area contributed by atoms with E-state index in [2.05, 4.69) is 57.2 Å². The molecule has 0 aliphatic carbocycles. The third-order valence-electron chi connectivity index (χ3n) is 4.41. The van der Waals surface area contributed by atoms with Crippen LogP contribution in [0.2, 0.25) is 0 Å². The van der Waals surface area contributed by atoms with Gasteiger partial charge in [-0.25, -0.2) is 0 Å². The molecule has 0 unspecified atom stereocenters. The number of aryl methyl sites for hydroxylation is 1. The van der Waals surface area contributed by atoms with E-state index in [1.165, 1.54) is 5.56 Å². The van der Waals surface area contributed by atoms with Gasteiger partial charge in [-0.2, -0.15) is 0 Å². The molecule has 2 N–H and O–H groups in total. The average molecular weight is 514 g/mol. The third-order valence-corrected chi connectivity index (χ3v) is 4.41. The van der Waals surface area contributed by atoms with Crippen molar-refractivity contribution in [2.24, 2.45) is 10.9 Å². The fourth-order valence-electron chi connectivity index (χ4n) is 2.90. The molecule has 9 heteroatoms. The van der Waals surface area contributed by atoms with Crippen molar-refractivity contribution in [2.45, 2.75) is 40.2 Å². The molecule has 0 saturated heterocycles. The Bertz CT molecular complexity index is 793. The molecule has 8 nitrogen and oxygen atoms in total. The predicted octanol–water partition coefficient (Wildman–Crippen LogP) is 2.62. The molecule has 0 saturated carbocycles. The number of rotatable bonds is 9. The molecule has 3 rings (SSSR count). The summed E-state index contributed by atoms with van der Waals surface area (Å²) in [6.07, 6.45) is 3.53. The molecule has 160 valence electrons. The van der Waals surface area contributed by atoms with E-state index in [4.69, 9.17) is 9.47 Å². The number of halogens is 1. The Kier molecular flexibility index (Phi) is 9.49. The minimum absolute atomic E-state index is 0. The van der Waals surface area contributed by atoms with Crippen molar-refractivity contribution in [3.05, 3.63) is 35.9 Å². The zero-order valence-corrected chi connectivity index (χ0v) is 19.7. The largest absolute Gasteiger partial charge is 0.454 e. The lowest BCUT2D eigenvalue weighted by atomic mass is 10.1. The van der Waals surface area contributed by atoms with Crippen LogP contribution in [0.5, 0.6) is 11.5 Å². The summed E-state index contributed by atoms with van der Waals surface area (Å²) in [4.78, 5) is 4.68. The van der Waals surface area contributed by atoms with Crippen molar-refractivity contribution >= 4 is 29.9 Å². The first kappa shape index (κ1) is 23.2. The summed E-state index contributed by atoms with van der Waals surface area (Å²) >= 11 is 0. The number of hydrogen-bond donors (Lipinski definition) is 2. The first-order valence-electron chi connectivity index (χ1n) is 9.93. The summed E-state index contributed by atoms with van der Waals surface area (Å²) < 4.78 is 12.9. The van der Waals surface area contributed by atoms with Crippen LogP contribution in [0.15, 0.2) is 29.5 Å². The van der Waals surface area contributed by atoms with Crippen molar-refractivity contribution in [3.63, 3.8) is 0 Å². The number of hydrogen-bond acceptors (Lipinski definition) is 5. The van der Waals surface area contributed by atoms with E-state index in [0.717, 1.165) is 62.3 Å². The second-order valence-electron chi connectivity index (χ2n) is 7.17. The molecule has 29 heavy (non-hydrogen) atoms. The second-order valence-corrected chi connectivity index (χ2v) is 7.17.